The average Bonchev–Trinajstić information content (AvgIpc) is 3.47. The molecule has 248 valence electrons. The molecule has 2 aliphatic heterocycles. The van der Waals surface area contributed by atoms with Crippen LogP contribution in [0.4, 0.5) is 28.3 Å². The molecule has 3 aromatic heterocycles. The Bertz CT molecular complexity index is 1840. The fraction of sp³-hybridized carbons (Fsp3) is 0.424. The van der Waals surface area contributed by atoms with Gasteiger partial charge >= 0.3 is 12.3 Å². The van der Waals surface area contributed by atoms with E-state index in [2.05, 4.69) is 15.1 Å². The maximum atomic E-state index is 13.8. The molecule has 10 nitrogen and oxygen atoms in total. The minimum Gasteiger partial charge on any atom is -0.481 e. The van der Waals surface area contributed by atoms with Crippen molar-refractivity contribution in [3.63, 3.8) is 0 Å². The van der Waals surface area contributed by atoms with Crippen molar-refractivity contribution in [3.8, 4) is 28.1 Å². The molecule has 4 aromatic rings. The third-order valence-electron chi connectivity index (χ3n) is 8.75. The first kappa shape index (κ1) is 32.2. The Hall–Kier alpha value is -4.75. The molecule has 2 fully saturated rings. The number of halogens is 4. The fourth-order valence-corrected chi connectivity index (χ4v) is 6.32. The number of nitrogens with zero attached hydrogens (tertiary/aromatic N) is 7. The number of pyridine rings is 1. The molecular weight excluding hydrogens is 618 g/mol. The summed E-state index contributed by atoms with van der Waals surface area (Å²) in [5.74, 6) is 0.591. The van der Waals surface area contributed by atoms with Crippen LogP contribution >= 0.6 is 0 Å². The van der Waals surface area contributed by atoms with E-state index in [0.717, 1.165) is 34.6 Å². The summed E-state index contributed by atoms with van der Waals surface area (Å²) in [6.45, 7) is 10.1. The van der Waals surface area contributed by atoms with Crippen LogP contribution in [-0.2, 0) is 24.0 Å². The second-order valence-corrected chi connectivity index (χ2v) is 12.0. The number of aryl methyl sites for hydroxylation is 3. The van der Waals surface area contributed by atoms with Crippen LogP contribution in [0.3, 0.4) is 0 Å². The van der Waals surface area contributed by atoms with E-state index in [1.165, 1.54) is 12.0 Å². The number of hydrogen-bond donors (Lipinski definition) is 0. The molecular formula is C33H35F4N7O3. The minimum atomic E-state index is -4.55. The molecule has 0 N–H and O–H groups in total. The molecule has 2 atom stereocenters. The normalized spacial score (nSPS) is 18.5. The first-order valence-electron chi connectivity index (χ1n) is 15.3. The van der Waals surface area contributed by atoms with E-state index in [4.69, 9.17) is 14.5 Å². The number of benzene rings is 1. The second kappa shape index (κ2) is 12.1. The van der Waals surface area contributed by atoms with Gasteiger partial charge in [0, 0.05) is 46.9 Å². The number of amides is 1. The molecule has 5 heterocycles. The lowest BCUT2D eigenvalue weighted by Crippen LogP contribution is -2.49. The van der Waals surface area contributed by atoms with E-state index in [1.54, 1.807) is 37.2 Å². The van der Waals surface area contributed by atoms with Gasteiger partial charge in [-0.2, -0.15) is 18.3 Å². The van der Waals surface area contributed by atoms with Gasteiger partial charge in [0.2, 0.25) is 11.8 Å². The number of carbonyl (C=O) groups excluding carboxylic acids is 1. The van der Waals surface area contributed by atoms with Crippen molar-refractivity contribution in [1.29, 1.82) is 0 Å². The standard InChI is InChI=1S/C33H35F4N7O3/c1-7-44-19(4)28(18(3)41-44)22-11-25(30(46-6)38-12-22)26-13-39-31(42-14-24(34)15-42)40-27(26)16-43-20(5)29(47-32(43)45)21-8-17(2)9-23(10-21)33(35,36)37/h8-13,20,24,29H,7,14-16H2,1-6H3/t20-,29-/m0/s1. The zero-order valence-electron chi connectivity index (χ0n) is 26.9. The highest BCUT2D eigenvalue weighted by Crippen LogP contribution is 2.40. The molecule has 0 unspecified atom stereocenters. The molecule has 0 radical (unpaired) electrons. The molecule has 1 aromatic carbocycles. The zero-order valence-corrected chi connectivity index (χ0v) is 26.9. The van der Waals surface area contributed by atoms with Gasteiger partial charge in [-0.05, 0) is 58.4 Å². The molecule has 0 saturated carbocycles. The molecule has 6 rings (SSSR count). The summed E-state index contributed by atoms with van der Waals surface area (Å²) in [5, 5.41) is 4.64. The van der Waals surface area contributed by atoms with Crippen LogP contribution in [0.2, 0.25) is 0 Å². The highest BCUT2D eigenvalue weighted by molar-refractivity contribution is 5.79. The first-order chi connectivity index (χ1) is 22.3. The van der Waals surface area contributed by atoms with Gasteiger partial charge in [0.05, 0.1) is 49.7 Å². The van der Waals surface area contributed by atoms with Crippen molar-refractivity contribution < 1.29 is 31.8 Å². The van der Waals surface area contributed by atoms with Gasteiger partial charge in [-0.1, -0.05) is 11.6 Å². The van der Waals surface area contributed by atoms with Gasteiger partial charge in [-0.3, -0.25) is 9.58 Å². The second-order valence-electron chi connectivity index (χ2n) is 12.0. The van der Waals surface area contributed by atoms with Gasteiger partial charge in [0.25, 0.3) is 0 Å². The Morgan fingerprint density at radius 2 is 1.79 bits per heavy atom. The zero-order chi connectivity index (χ0) is 33.8. The van der Waals surface area contributed by atoms with E-state index in [1.807, 2.05) is 31.5 Å². The Kier molecular flexibility index (Phi) is 8.30. The lowest BCUT2D eigenvalue weighted by Gasteiger charge is -2.34. The smallest absolute Gasteiger partial charge is 0.416 e. The third kappa shape index (κ3) is 5.96. The predicted molar refractivity (Wildman–Crippen MR) is 166 cm³/mol. The summed E-state index contributed by atoms with van der Waals surface area (Å²) < 4.78 is 67.9. The van der Waals surface area contributed by atoms with Gasteiger partial charge in [0.15, 0.2) is 0 Å². The van der Waals surface area contributed by atoms with Gasteiger partial charge in [-0.25, -0.2) is 24.1 Å². The van der Waals surface area contributed by atoms with Gasteiger partial charge in [-0.15, -0.1) is 0 Å². The monoisotopic (exact) mass is 653 g/mol. The largest absolute Gasteiger partial charge is 0.481 e. The number of hydrogen-bond acceptors (Lipinski definition) is 8. The van der Waals surface area contributed by atoms with Crippen molar-refractivity contribution >= 4 is 12.0 Å². The van der Waals surface area contributed by atoms with E-state index in [9.17, 15) is 22.4 Å². The van der Waals surface area contributed by atoms with Crippen LogP contribution in [0.15, 0.2) is 36.7 Å². The highest BCUT2D eigenvalue weighted by Gasteiger charge is 2.42. The Morgan fingerprint density at radius 3 is 2.43 bits per heavy atom. The number of alkyl halides is 4. The molecule has 0 spiro atoms. The van der Waals surface area contributed by atoms with Crippen LogP contribution < -0.4 is 9.64 Å². The van der Waals surface area contributed by atoms with E-state index in [0.29, 0.717) is 40.8 Å². The summed E-state index contributed by atoms with van der Waals surface area (Å²) in [7, 11) is 1.50. The minimum absolute atomic E-state index is 0.0641. The number of anilines is 1. The maximum Gasteiger partial charge on any atom is 0.416 e. The number of ether oxygens (including phenoxy) is 2. The van der Waals surface area contributed by atoms with Crippen molar-refractivity contribution in [2.24, 2.45) is 0 Å². The Labute approximate surface area is 269 Å². The predicted octanol–water partition coefficient (Wildman–Crippen LogP) is 6.61. The maximum absolute atomic E-state index is 13.8. The van der Waals surface area contributed by atoms with Gasteiger partial charge < -0.3 is 14.4 Å². The molecule has 2 saturated heterocycles. The van der Waals surface area contributed by atoms with Crippen molar-refractivity contribution in [1.82, 2.24) is 29.6 Å². The summed E-state index contributed by atoms with van der Waals surface area (Å²) in [5.41, 5.74) is 4.85. The fourth-order valence-electron chi connectivity index (χ4n) is 6.32. The van der Waals surface area contributed by atoms with E-state index in [-0.39, 0.29) is 25.2 Å². The lowest BCUT2D eigenvalue weighted by molar-refractivity contribution is -0.137. The number of methoxy groups -OCH3 is 1. The third-order valence-corrected chi connectivity index (χ3v) is 8.75. The summed E-state index contributed by atoms with van der Waals surface area (Å²) >= 11 is 0. The molecule has 14 heteroatoms. The highest BCUT2D eigenvalue weighted by atomic mass is 19.4. The van der Waals surface area contributed by atoms with E-state index >= 15 is 0 Å². The summed E-state index contributed by atoms with van der Waals surface area (Å²) in [6, 6.07) is 4.92. The molecule has 0 aliphatic carbocycles. The van der Waals surface area contributed by atoms with Crippen LogP contribution in [-0.4, -0.2) is 68.1 Å². The van der Waals surface area contributed by atoms with Crippen LogP contribution in [0, 0.1) is 20.8 Å². The lowest BCUT2D eigenvalue weighted by atomic mass is 9.97. The Balaban J connectivity index is 1.41. The number of cyclic esters (lactones) is 1. The average molecular weight is 654 g/mol. The molecule has 0 bridgehead atoms. The quantitative estimate of drug-likeness (QED) is 0.196. The Morgan fingerprint density at radius 1 is 1.04 bits per heavy atom. The SMILES string of the molecule is CCn1nc(C)c(-c2cnc(OC)c(-c3cnc(N4CC(F)C4)nc3CN3C(=O)O[C@H](c4cc(C)cc(C(F)(F)F)c4)[C@@H]3C)c2)c1C. The topological polar surface area (TPSA) is 98.5 Å². The summed E-state index contributed by atoms with van der Waals surface area (Å²) in [4.78, 5) is 30.3. The van der Waals surface area contributed by atoms with Crippen LogP contribution in [0.25, 0.3) is 22.3 Å². The molecule has 1 amide bonds. The van der Waals surface area contributed by atoms with Gasteiger partial charge in [0.1, 0.15) is 12.3 Å². The van der Waals surface area contributed by atoms with E-state index < -0.39 is 36.2 Å². The number of carbonyl (C=O) groups is 1. The van der Waals surface area contributed by atoms with Crippen molar-refractivity contribution in [2.75, 3.05) is 25.1 Å². The molecule has 2 aliphatic rings. The number of rotatable bonds is 8. The van der Waals surface area contributed by atoms with Crippen molar-refractivity contribution in [2.45, 2.75) is 72.2 Å². The van der Waals surface area contributed by atoms with Crippen molar-refractivity contribution in [3.05, 3.63) is 70.4 Å². The van der Waals surface area contributed by atoms with Crippen LogP contribution in [0.1, 0.15) is 53.7 Å². The first-order valence-corrected chi connectivity index (χ1v) is 15.3. The summed E-state index contributed by atoms with van der Waals surface area (Å²) in [6.07, 6.45) is -3.89. The molecule has 47 heavy (non-hydrogen) atoms. The number of aromatic nitrogens is 5. The van der Waals surface area contributed by atoms with Crippen LogP contribution in [0.5, 0.6) is 5.88 Å².